The molecule has 3 atom stereocenters. The SMILES string of the molecule is Cc1c(Nc2nc3ccccc3s2)nnc2c1CCCN2c1ccc(-c2cnn(CC34CC5(C)CC(C)(C3)CC(OCCNCC[C@@H](O)CO)(C5)C4)c2C)cn1. The van der Waals surface area contributed by atoms with Crippen LogP contribution in [0.4, 0.5) is 22.6 Å². The lowest BCUT2D eigenvalue weighted by molar-refractivity contribution is -0.247. The third-order valence-electron chi connectivity index (χ3n) is 13.0. The number of anilines is 4. The molecular formula is C43H55N9O3S. The topological polar surface area (TPSA) is 146 Å². The normalized spacial score (nSPS) is 27.2. The highest BCUT2D eigenvalue weighted by Gasteiger charge is 2.66. The molecule has 0 radical (unpaired) electrons. The zero-order chi connectivity index (χ0) is 38.7. The van der Waals surface area contributed by atoms with E-state index >= 15 is 0 Å². The van der Waals surface area contributed by atoms with Crippen LogP contribution < -0.4 is 15.5 Å². The Bertz CT molecular complexity index is 2170. The van der Waals surface area contributed by atoms with Crippen molar-refractivity contribution in [3.05, 3.63) is 65.6 Å². The summed E-state index contributed by atoms with van der Waals surface area (Å²) in [5.41, 5.74) is 7.18. The quantitative estimate of drug-likeness (QED) is 0.0846. The predicted molar refractivity (Wildman–Crippen MR) is 221 cm³/mol. The van der Waals surface area contributed by atoms with Gasteiger partial charge in [0.05, 0.1) is 41.3 Å². The number of aromatic nitrogens is 6. The van der Waals surface area contributed by atoms with E-state index in [0.717, 1.165) is 101 Å². The van der Waals surface area contributed by atoms with Crippen LogP contribution in [0.25, 0.3) is 21.3 Å². The van der Waals surface area contributed by atoms with Crippen LogP contribution in [0.3, 0.4) is 0 Å². The first-order valence-electron chi connectivity index (χ1n) is 20.4. The van der Waals surface area contributed by atoms with Crippen molar-refractivity contribution in [3.63, 3.8) is 0 Å². The average molecular weight is 778 g/mol. The van der Waals surface area contributed by atoms with E-state index in [2.05, 4.69) is 71.2 Å². The molecule has 4 aliphatic carbocycles. The van der Waals surface area contributed by atoms with Crippen LogP contribution in [-0.4, -0.2) is 84.7 Å². The van der Waals surface area contributed by atoms with Gasteiger partial charge in [0.2, 0.25) is 0 Å². The smallest absolute Gasteiger partial charge is 0.189 e. The van der Waals surface area contributed by atoms with Crippen LogP contribution in [0.1, 0.15) is 82.0 Å². The van der Waals surface area contributed by atoms with E-state index in [1.165, 1.54) is 30.5 Å². The van der Waals surface area contributed by atoms with Gasteiger partial charge in [0.15, 0.2) is 16.8 Å². The molecule has 2 unspecified atom stereocenters. The second kappa shape index (κ2) is 14.4. The molecular weight excluding hydrogens is 723 g/mol. The molecule has 4 fully saturated rings. The first kappa shape index (κ1) is 37.6. The monoisotopic (exact) mass is 777 g/mol. The summed E-state index contributed by atoms with van der Waals surface area (Å²) < 4.78 is 10.3. The van der Waals surface area contributed by atoms with Crippen LogP contribution in [0.15, 0.2) is 48.8 Å². The number of hydrogen-bond acceptors (Lipinski definition) is 12. The fourth-order valence-electron chi connectivity index (χ4n) is 11.8. The summed E-state index contributed by atoms with van der Waals surface area (Å²) in [4.78, 5) is 11.9. The summed E-state index contributed by atoms with van der Waals surface area (Å²) in [6, 6.07) is 12.4. The van der Waals surface area contributed by atoms with Gasteiger partial charge in [-0.2, -0.15) is 5.10 Å². The highest BCUT2D eigenvalue weighted by atomic mass is 32.1. The molecule has 1 aliphatic heterocycles. The molecule has 0 amide bonds. The van der Waals surface area contributed by atoms with Crippen LogP contribution in [0.5, 0.6) is 0 Å². The Labute approximate surface area is 333 Å². The number of pyridine rings is 1. The molecule has 4 N–H and O–H groups in total. The summed E-state index contributed by atoms with van der Waals surface area (Å²) in [7, 11) is 0. The second-order valence-corrected chi connectivity index (χ2v) is 19.2. The average Bonchev–Trinajstić information content (AvgIpc) is 3.74. The fraction of sp³-hybridized carbons (Fsp3) is 0.558. The summed E-state index contributed by atoms with van der Waals surface area (Å²) in [6.07, 6.45) is 12.8. The zero-order valence-electron chi connectivity index (χ0n) is 33.1. The van der Waals surface area contributed by atoms with Gasteiger partial charge >= 0.3 is 0 Å². The Hall–Kier alpha value is -4.01. The number of nitrogens with one attached hydrogen (secondary N) is 2. The van der Waals surface area contributed by atoms with Gasteiger partial charge in [-0.3, -0.25) is 4.68 Å². The maximum atomic E-state index is 9.67. The Morgan fingerprint density at radius 2 is 1.79 bits per heavy atom. The third kappa shape index (κ3) is 7.10. The molecule has 4 saturated carbocycles. The first-order chi connectivity index (χ1) is 27.0. The zero-order valence-corrected chi connectivity index (χ0v) is 34.0. The van der Waals surface area contributed by atoms with E-state index in [1.807, 2.05) is 30.6 Å². The molecule has 0 spiro atoms. The van der Waals surface area contributed by atoms with E-state index < -0.39 is 6.10 Å². The van der Waals surface area contributed by atoms with E-state index in [4.69, 9.17) is 30.0 Å². The van der Waals surface area contributed by atoms with Gasteiger partial charge in [0.1, 0.15) is 5.82 Å². The van der Waals surface area contributed by atoms with Gasteiger partial charge in [-0.05, 0) is 119 Å². The first-order valence-corrected chi connectivity index (χ1v) is 21.2. The van der Waals surface area contributed by atoms with Gasteiger partial charge in [0, 0.05) is 53.8 Å². The van der Waals surface area contributed by atoms with Crippen molar-refractivity contribution in [3.8, 4) is 11.1 Å². The molecule has 5 aliphatic rings. The standard InChI is InChI=1S/C43H55N9O3S/c1-28-32-8-7-16-51(38(32)50-49-37(28)48-39-47-34-9-5-6-10-35(34)56-39)36-12-11-30(18-45-36)33-19-46-52(29(33)2)27-42-22-40(3)21-41(4,23-42)25-43(24-40,26-42)55-17-15-44-14-13-31(54)20-53/h5-6,9-12,18-19,31,44,53-54H,7-8,13-17,20-27H2,1-4H3,(H,47,48,49)/t31-,40?,41?,42?,43?/m1/s1. The molecule has 12 nitrogen and oxygen atoms in total. The maximum Gasteiger partial charge on any atom is 0.189 e. The molecule has 56 heavy (non-hydrogen) atoms. The van der Waals surface area contributed by atoms with Gasteiger partial charge in [0.25, 0.3) is 0 Å². The van der Waals surface area contributed by atoms with Crippen molar-refractivity contribution in [2.75, 3.05) is 43.1 Å². The molecule has 4 bridgehead atoms. The van der Waals surface area contributed by atoms with Gasteiger partial charge < -0.3 is 30.5 Å². The second-order valence-electron chi connectivity index (χ2n) is 18.1. The summed E-state index contributed by atoms with van der Waals surface area (Å²) >= 11 is 1.62. The number of aliphatic hydroxyl groups excluding tert-OH is 2. The minimum absolute atomic E-state index is 0.112. The number of rotatable bonds is 14. The minimum Gasteiger partial charge on any atom is -0.394 e. The van der Waals surface area contributed by atoms with Crippen LogP contribution >= 0.6 is 11.3 Å². The lowest BCUT2D eigenvalue weighted by atomic mass is 9.39. The molecule has 0 saturated heterocycles. The Morgan fingerprint density at radius 3 is 2.55 bits per heavy atom. The van der Waals surface area contributed by atoms with Crippen molar-refractivity contribution in [1.82, 2.24) is 35.3 Å². The predicted octanol–water partition coefficient (Wildman–Crippen LogP) is 7.26. The summed E-state index contributed by atoms with van der Waals surface area (Å²) in [5.74, 6) is 2.50. The number of benzene rings is 1. The number of thiazole rings is 1. The highest BCUT2D eigenvalue weighted by Crippen LogP contribution is 2.72. The molecule has 5 heterocycles. The molecule has 296 valence electrons. The maximum absolute atomic E-state index is 9.67. The number of ether oxygens (including phenoxy) is 1. The van der Waals surface area contributed by atoms with Crippen molar-refractivity contribution in [2.24, 2.45) is 16.2 Å². The lowest BCUT2D eigenvalue weighted by Gasteiger charge is -2.69. The largest absolute Gasteiger partial charge is 0.394 e. The fourth-order valence-corrected chi connectivity index (χ4v) is 12.7. The van der Waals surface area contributed by atoms with E-state index in [0.29, 0.717) is 19.6 Å². The lowest BCUT2D eigenvalue weighted by Crippen LogP contribution is -2.64. The number of fused-ring (bicyclic) bond motifs is 2. The minimum atomic E-state index is -0.666. The Morgan fingerprint density at radius 1 is 0.964 bits per heavy atom. The van der Waals surface area contributed by atoms with Gasteiger partial charge in [-0.25, -0.2) is 9.97 Å². The molecule has 4 aromatic heterocycles. The Kier molecular flexibility index (Phi) is 9.67. The number of para-hydroxylation sites is 1. The van der Waals surface area contributed by atoms with E-state index in [-0.39, 0.29) is 28.5 Å². The third-order valence-corrected chi connectivity index (χ3v) is 14.0. The summed E-state index contributed by atoms with van der Waals surface area (Å²) in [6.45, 7) is 12.9. The highest BCUT2D eigenvalue weighted by molar-refractivity contribution is 7.22. The molecule has 10 rings (SSSR count). The number of aliphatic hydroxyl groups is 2. The summed E-state index contributed by atoms with van der Waals surface area (Å²) in [5, 5.41) is 40.8. The number of nitrogens with zero attached hydrogens (tertiary/aromatic N) is 7. The van der Waals surface area contributed by atoms with Crippen LogP contribution in [0, 0.1) is 30.1 Å². The number of hydrogen-bond donors (Lipinski definition) is 4. The van der Waals surface area contributed by atoms with Crippen molar-refractivity contribution in [2.45, 2.75) is 104 Å². The van der Waals surface area contributed by atoms with E-state index in [9.17, 15) is 5.11 Å². The van der Waals surface area contributed by atoms with Crippen molar-refractivity contribution >= 4 is 44.1 Å². The molecule has 5 aromatic rings. The van der Waals surface area contributed by atoms with Crippen LogP contribution in [-0.2, 0) is 17.7 Å². The molecule has 1 aromatic carbocycles. The van der Waals surface area contributed by atoms with Gasteiger partial charge in [-0.15, -0.1) is 10.2 Å². The van der Waals surface area contributed by atoms with Crippen molar-refractivity contribution < 1.29 is 14.9 Å². The van der Waals surface area contributed by atoms with Crippen LogP contribution in [0.2, 0.25) is 0 Å². The van der Waals surface area contributed by atoms with E-state index in [1.54, 1.807) is 11.3 Å². The molecule has 13 heteroatoms. The van der Waals surface area contributed by atoms with Gasteiger partial charge in [-0.1, -0.05) is 37.3 Å². The Balaban J connectivity index is 0.890. The van der Waals surface area contributed by atoms with Crippen molar-refractivity contribution in [1.29, 1.82) is 0 Å².